The monoisotopic (exact) mass is 455 g/mol. The number of rotatable bonds is 7. The third-order valence-electron chi connectivity index (χ3n) is 3.58. The van der Waals surface area contributed by atoms with Crippen molar-refractivity contribution in [2.24, 2.45) is 5.73 Å². The van der Waals surface area contributed by atoms with Gasteiger partial charge in [0.2, 0.25) is 0 Å². The number of carbonyl (C=O) groups excluding carboxylic acids is 2. The van der Waals surface area contributed by atoms with Crippen LogP contribution in [0.2, 0.25) is 0 Å². The number of aromatic hydroxyl groups is 2. The Labute approximate surface area is 180 Å². The number of ether oxygens (including phenoxy) is 2. The lowest BCUT2D eigenvalue weighted by atomic mass is 10.1. The van der Waals surface area contributed by atoms with Crippen LogP contribution in [0, 0.1) is 0 Å². The maximum atomic E-state index is 12.0. The summed E-state index contributed by atoms with van der Waals surface area (Å²) in [5.41, 5.74) is 6.78. The first kappa shape index (κ1) is 25.9. The first-order chi connectivity index (χ1) is 14.4. The zero-order chi connectivity index (χ0) is 23.6. The van der Waals surface area contributed by atoms with Crippen molar-refractivity contribution >= 4 is 22.1 Å². The van der Waals surface area contributed by atoms with Gasteiger partial charge in [0.05, 0.1) is 11.8 Å². The van der Waals surface area contributed by atoms with Gasteiger partial charge in [-0.25, -0.2) is 4.79 Å². The minimum Gasteiger partial charge on any atom is -0.504 e. The van der Waals surface area contributed by atoms with Crippen LogP contribution in [-0.2, 0) is 30.8 Å². The first-order valence-electron chi connectivity index (χ1n) is 8.98. The fourth-order valence-corrected chi connectivity index (χ4v) is 2.20. The van der Waals surface area contributed by atoms with Gasteiger partial charge < -0.3 is 25.4 Å². The fraction of sp³-hybridized carbons (Fsp3) is 0.300. The second kappa shape index (κ2) is 11.9. The summed E-state index contributed by atoms with van der Waals surface area (Å²) in [4.78, 5) is 23.9. The number of carbonyl (C=O) groups is 2. The minimum absolute atomic E-state index is 0.119. The molecule has 0 aliphatic rings. The smallest absolute Gasteiger partial charge is 0.338 e. The molecule has 0 aliphatic heterocycles. The van der Waals surface area contributed by atoms with Crippen LogP contribution in [0.3, 0.4) is 0 Å². The largest absolute Gasteiger partial charge is 0.504 e. The van der Waals surface area contributed by atoms with Crippen molar-refractivity contribution in [1.29, 1.82) is 0 Å². The molecular formula is C20H25NO9S. The molecule has 0 saturated heterocycles. The maximum absolute atomic E-state index is 12.0. The molecule has 0 amide bonds. The van der Waals surface area contributed by atoms with Gasteiger partial charge in [-0.15, -0.1) is 0 Å². The van der Waals surface area contributed by atoms with Crippen molar-refractivity contribution in [1.82, 2.24) is 0 Å². The van der Waals surface area contributed by atoms with E-state index in [0.29, 0.717) is 17.4 Å². The average Bonchev–Trinajstić information content (AvgIpc) is 2.68. The number of esters is 2. The molecule has 2 rings (SSSR count). The highest BCUT2D eigenvalue weighted by Gasteiger charge is 2.19. The van der Waals surface area contributed by atoms with Crippen molar-refractivity contribution in [2.75, 3.05) is 12.9 Å². The summed E-state index contributed by atoms with van der Waals surface area (Å²) in [6.07, 6.45) is 0.217. The Kier molecular flexibility index (Phi) is 9.93. The molecular weight excluding hydrogens is 430 g/mol. The molecule has 0 saturated carbocycles. The molecule has 11 heteroatoms. The van der Waals surface area contributed by atoms with Crippen LogP contribution in [-0.4, -0.2) is 60.1 Å². The number of benzene rings is 2. The summed E-state index contributed by atoms with van der Waals surface area (Å²) < 4.78 is 36.1. The van der Waals surface area contributed by atoms with Crippen molar-refractivity contribution in [3.63, 3.8) is 0 Å². The molecule has 0 bridgehead atoms. The Bertz CT molecular complexity index is 969. The molecule has 0 aromatic heterocycles. The van der Waals surface area contributed by atoms with E-state index in [-0.39, 0.29) is 24.5 Å². The second-order valence-corrected chi connectivity index (χ2v) is 8.04. The molecule has 2 aromatic carbocycles. The van der Waals surface area contributed by atoms with E-state index in [2.05, 4.69) is 0 Å². The molecule has 0 fully saturated rings. The number of phenolic OH excluding ortho intramolecular Hbond substituents is 2. The maximum Gasteiger partial charge on any atom is 0.338 e. The van der Waals surface area contributed by atoms with Crippen LogP contribution in [0.1, 0.15) is 22.8 Å². The third-order valence-corrected chi connectivity index (χ3v) is 3.58. The molecule has 31 heavy (non-hydrogen) atoms. The molecule has 0 spiro atoms. The van der Waals surface area contributed by atoms with Crippen LogP contribution in [0.25, 0.3) is 0 Å². The summed E-state index contributed by atoms with van der Waals surface area (Å²) in [6, 6.07) is 11.7. The van der Waals surface area contributed by atoms with E-state index in [1.807, 2.05) is 0 Å². The first-order valence-corrected chi connectivity index (χ1v) is 10.8. The van der Waals surface area contributed by atoms with Crippen LogP contribution in [0.15, 0.2) is 48.5 Å². The zero-order valence-corrected chi connectivity index (χ0v) is 17.8. The van der Waals surface area contributed by atoms with Crippen LogP contribution in [0.4, 0.5) is 0 Å². The SMILES string of the molecule is CC(COC(=O)C(N)Cc1ccc(O)c(O)c1)OC(=O)c1ccccc1.CS(=O)(=O)O. The Morgan fingerprint density at radius 1 is 1.06 bits per heavy atom. The number of nitrogens with two attached hydrogens (primary N) is 1. The summed E-state index contributed by atoms with van der Waals surface area (Å²) in [5.74, 6) is -1.69. The minimum atomic E-state index is -3.67. The van der Waals surface area contributed by atoms with Gasteiger partial charge in [0.15, 0.2) is 11.5 Å². The highest BCUT2D eigenvalue weighted by molar-refractivity contribution is 7.85. The lowest BCUT2D eigenvalue weighted by molar-refractivity contribution is -0.148. The van der Waals surface area contributed by atoms with Crippen LogP contribution < -0.4 is 5.73 Å². The third kappa shape index (κ3) is 11.0. The van der Waals surface area contributed by atoms with E-state index in [1.165, 1.54) is 12.1 Å². The van der Waals surface area contributed by atoms with Gasteiger partial charge in [0.1, 0.15) is 18.8 Å². The van der Waals surface area contributed by atoms with Gasteiger partial charge in [-0.05, 0) is 43.2 Å². The topological polar surface area (TPSA) is 173 Å². The fourth-order valence-electron chi connectivity index (χ4n) is 2.20. The predicted molar refractivity (Wildman–Crippen MR) is 111 cm³/mol. The second-order valence-electron chi connectivity index (χ2n) is 6.58. The highest BCUT2D eigenvalue weighted by Crippen LogP contribution is 2.25. The lowest BCUT2D eigenvalue weighted by Gasteiger charge is -2.16. The lowest BCUT2D eigenvalue weighted by Crippen LogP contribution is -2.36. The number of hydrogen-bond donors (Lipinski definition) is 4. The molecule has 10 nitrogen and oxygen atoms in total. The van der Waals surface area contributed by atoms with Crippen LogP contribution in [0.5, 0.6) is 11.5 Å². The summed E-state index contributed by atoms with van der Waals surface area (Å²) in [5, 5.41) is 18.7. The van der Waals surface area contributed by atoms with Crippen molar-refractivity contribution in [3.8, 4) is 11.5 Å². The highest BCUT2D eigenvalue weighted by atomic mass is 32.2. The summed E-state index contributed by atoms with van der Waals surface area (Å²) in [7, 11) is -3.67. The van der Waals surface area contributed by atoms with Gasteiger partial charge >= 0.3 is 11.9 Å². The number of phenols is 2. The van der Waals surface area contributed by atoms with Crippen molar-refractivity contribution in [2.45, 2.75) is 25.5 Å². The van der Waals surface area contributed by atoms with E-state index in [9.17, 15) is 28.2 Å². The molecule has 170 valence electrons. The molecule has 2 atom stereocenters. The molecule has 0 aliphatic carbocycles. The molecule has 5 N–H and O–H groups in total. The standard InChI is InChI=1S/C19H21NO6.CH4O3S/c1-12(26-18(23)14-5-3-2-4-6-14)11-25-19(24)15(20)9-13-7-8-16(21)17(22)10-13;1-5(2,3)4/h2-8,10,12,15,21-22H,9,11,20H2,1H3;1H3,(H,2,3,4). The van der Waals surface area contributed by atoms with Crippen LogP contribution >= 0.6 is 0 Å². The number of hydrogen-bond acceptors (Lipinski definition) is 9. The van der Waals surface area contributed by atoms with Gasteiger partial charge in [0.25, 0.3) is 10.1 Å². The Hall–Kier alpha value is -3.15. The van der Waals surface area contributed by atoms with Crippen molar-refractivity contribution in [3.05, 3.63) is 59.7 Å². The van der Waals surface area contributed by atoms with Gasteiger partial charge in [-0.3, -0.25) is 9.35 Å². The normalized spacial score (nSPS) is 12.6. The molecule has 2 unspecified atom stereocenters. The van der Waals surface area contributed by atoms with E-state index in [1.54, 1.807) is 43.3 Å². The average molecular weight is 455 g/mol. The van der Waals surface area contributed by atoms with Gasteiger partial charge in [-0.1, -0.05) is 24.3 Å². The van der Waals surface area contributed by atoms with E-state index in [4.69, 9.17) is 19.8 Å². The van der Waals surface area contributed by atoms with Gasteiger partial charge in [0, 0.05) is 0 Å². The Balaban J connectivity index is 0.000000861. The quantitative estimate of drug-likeness (QED) is 0.270. The molecule has 2 aromatic rings. The van der Waals surface area contributed by atoms with E-state index >= 15 is 0 Å². The Morgan fingerprint density at radius 3 is 2.19 bits per heavy atom. The molecule has 0 radical (unpaired) electrons. The van der Waals surface area contributed by atoms with Gasteiger partial charge in [-0.2, -0.15) is 8.42 Å². The molecule has 0 heterocycles. The Morgan fingerprint density at radius 2 is 1.65 bits per heavy atom. The summed E-state index contributed by atoms with van der Waals surface area (Å²) in [6.45, 7) is 1.49. The zero-order valence-electron chi connectivity index (χ0n) is 17.0. The predicted octanol–water partition coefficient (Wildman–Crippen LogP) is 1.26. The van der Waals surface area contributed by atoms with E-state index < -0.39 is 34.2 Å². The summed E-state index contributed by atoms with van der Waals surface area (Å²) >= 11 is 0. The van der Waals surface area contributed by atoms with E-state index in [0.717, 1.165) is 0 Å². The van der Waals surface area contributed by atoms with Crippen molar-refractivity contribution < 1.29 is 42.2 Å².